The van der Waals surface area contributed by atoms with Crippen LogP contribution in [0.1, 0.15) is 5.56 Å². The number of halogens is 1. The van der Waals surface area contributed by atoms with Crippen molar-refractivity contribution >= 4 is 45.6 Å². The van der Waals surface area contributed by atoms with Crippen molar-refractivity contribution in [2.24, 2.45) is 0 Å². The molecule has 0 atom stereocenters. The molecule has 0 aliphatic rings. The minimum Gasteiger partial charge on any atom is -0.219 e. The maximum Gasteiger partial charge on any atom is 0.287 e. The minimum absolute atomic E-state index is 0.259. The molecule has 0 aliphatic heterocycles. The van der Waals surface area contributed by atoms with Crippen LogP contribution < -0.4 is 20.6 Å². The zero-order valence-electron chi connectivity index (χ0n) is 21.3. The first-order valence-electron chi connectivity index (χ1n) is 12.9. The molecule has 0 spiro atoms. The third-order valence-corrected chi connectivity index (χ3v) is 11.7. The molecule has 6 rings (SSSR count). The third-order valence-electron chi connectivity index (χ3n) is 6.88. The largest absolute Gasteiger partial charge is 0.287 e. The van der Waals surface area contributed by atoms with Gasteiger partial charge in [0.25, 0.3) is 5.65 Å². The van der Waals surface area contributed by atoms with E-state index in [1.165, 1.54) is 12.1 Å². The van der Waals surface area contributed by atoms with Gasteiger partial charge in [0.15, 0.2) is 11.1 Å². The molecular formula is C34H27FN2PS+. The van der Waals surface area contributed by atoms with Gasteiger partial charge in [-0.15, -0.1) is 0 Å². The second-order valence-electron chi connectivity index (χ2n) is 9.31. The fraction of sp³-hybridized carbons (Fsp3) is 0.0294. The molecule has 2 nitrogen and oxygen atoms in total. The molecule has 6 aromatic rings. The van der Waals surface area contributed by atoms with Crippen LogP contribution in [-0.4, -0.2) is 4.40 Å². The average Bonchev–Trinajstić information content (AvgIpc) is 3.33. The lowest BCUT2D eigenvalue weighted by atomic mass is 10.1. The quantitative estimate of drug-likeness (QED) is 0.164. The van der Waals surface area contributed by atoms with Gasteiger partial charge in [-0.1, -0.05) is 115 Å². The summed E-state index contributed by atoms with van der Waals surface area (Å²) in [4.78, 5) is 0. The maximum atomic E-state index is 14.1. The smallest absolute Gasteiger partial charge is 0.219 e. The van der Waals surface area contributed by atoms with Crippen LogP contribution in [0.25, 0.3) is 23.0 Å². The highest BCUT2D eigenvalue weighted by Gasteiger charge is 2.38. The number of hydrogen-bond acceptors (Lipinski definition) is 1. The van der Waals surface area contributed by atoms with E-state index in [0.717, 1.165) is 38.5 Å². The van der Waals surface area contributed by atoms with Crippen molar-refractivity contribution in [3.05, 3.63) is 157 Å². The van der Waals surface area contributed by atoms with Crippen LogP contribution in [0.2, 0.25) is 0 Å². The number of nitrogens with zero attached hydrogens (tertiary/aromatic N) is 2. The number of rotatable bonds is 7. The van der Waals surface area contributed by atoms with Crippen LogP contribution in [-0.2, 0) is 18.4 Å². The van der Waals surface area contributed by atoms with Gasteiger partial charge in [-0.3, -0.25) is 0 Å². The Morgan fingerprint density at radius 1 is 0.692 bits per heavy atom. The topological polar surface area (TPSA) is 8.29 Å². The molecule has 39 heavy (non-hydrogen) atoms. The molecule has 0 unspecified atom stereocenters. The van der Waals surface area contributed by atoms with Crippen molar-refractivity contribution in [2.75, 3.05) is 0 Å². The van der Waals surface area contributed by atoms with E-state index in [1.807, 2.05) is 48.5 Å². The summed E-state index contributed by atoms with van der Waals surface area (Å²) in [5.74, 6) is -0.259. The Bertz CT molecular complexity index is 1750. The molecule has 0 N–H and O–H groups in total. The van der Waals surface area contributed by atoms with Gasteiger partial charge in [-0.2, -0.15) is 4.40 Å². The van der Waals surface area contributed by atoms with Crippen LogP contribution in [0, 0.1) is 5.82 Å². The Hall–Kier alpha value is -4.11. The lowest BCUT2D eigenvalue weighted by Gasteiger charge is -2.21. The first-order chi connectivity index (χ1) is 19.2. The zero-order chi connectivity index (χ0) is 26.7. The molecule has 0 aliphatic carbocycles. The van der Waals surface area contributed by atoms with Crippen molar-refractivity contribution in [2.45, 2.75) is 6.54 Å². The summed E-state index contributed by atoms with van der Waals surface area (Å²) >= 11 is 6.83. The standard InChI is InChI=1S/C34H27FN2PS/c35-29-23-21-28(22-24-29)33-34(38(39,30-16-6-2-7-17-30)31-18-8-3-9-19-31)37-25-11-10-20-32(37)36(33)26-12-15-27-13-4-1-5-14-27/h1-25H,26H2/q+1. The number of imidazole rings is 1. The van der Waals surface area contributed by atoms with Gasteiger partial charge < -0.3 is 0 Å². The van der Waals surface area contributed by atoms with Gasteiger partial charge >= 0.3 is 0 Å². The van der Waals surface area contributed by atoms with Crippen LogP contribution >= 0.6 is 6.04 Å². The molecule has 0 fully saturated rings. The summed E-state index contributed by atoms with van der Waals surface area (Å²) in [6.45, 7) is 0.633. The predicted octanol–water partition coefficient (Wildman–Crippen LogP) is 6.50. The lowest BCUT2D eigenvalue weighted by molar-refractivity contribution is -0.649. The van der Waals surface area contributed by atoms with Crippen LogP contribution in [0.15, 0.2) is 146 Å². The second kappa shape index (κ2) is 10.9. The fourth-order valence-electron chi connectivity index (χ4n) is 5.09. The Labute approximate surface area is 233 Å². The van der Waals surface area contributed by atoms with Gasteiger partial charge in [0.1, 0.15) is 12.4 Å². The first kappa shape index (κ1) is 25.2. The van der Waals surface area contributed by atoms with E-state index in [0.29, 0.717) is 6.54 Å². The van der Waals surface area contributed by atoms with Crippen LogP contribution in [0.3, 0.4) is 0 Å². The average molecular weight is 546 g/mol. The molecule has 5 heteroatoms. The molecular weight excluding hydrogens is 518 g/mol. The zero-order valence-corrected chi connectivity index (χ0v) is 23.0. The monoisotopic (exact) mass is 545 g/mol. The van der Waals surface area contributed by atoms with Gasteiger partial charge in [0.05, 0.1) is 12.2 Å². The Morgan fingerprint density at radius 3 is 1.87 bits per heavy atom. The van der Waals surface area contributed by atoms with E-state index in [2.05, 4.69) is 100 Å². The maximum absolute atomic E-state index is 14.1. The molecule has 2 aromatic heterocycles. The predicted molar refractivity (Wildman–Crippen MR) is 165 cm³/mol. The van der Waals surface area contributed by atoms with Crippen molar-refractivity contribution < 1.29 is 8.96 Å². The molecule has 190 valence electrons. The summed E-state index contributed by atoms with van der Waals surface area (Å²) in [6, 6.07) is 41.6. The summed E-state index contributed by atoms with van der Waals surface area (Å²) in [5, 5.41) is 2.23. The first-order valence-corrected chi connectivity index (χ1v) is 15.7. The lowest BCUT2D eigenvalue weighted by Crippen LogP contribution is -2.37. The number of hydrogen-bond donors (Lipinski definition) is 0. The molecule has 0 amide bonds. The van der Waals surface area contributed by atoms with Crippen molar-refractivity contribution in [3.8, 4) is 11.3 Å². The highest BCUT2D eigenvalue weighted by Crippen LogP contribution is 2.45. The van der Waals surface area contributed by atoms with E-state index in [9.17, 15) is 4.39 Å². The van der Waals surface area contributed by atoms with E-state index < -0.39 is 6.04 Å². The summed E-state index contributed by atoms with van der Waals surface area (Å²) < 4.78 is 18.7. The molecule has 0 saturated carbocycles. The van der Waals surface area contributed by atoms with Gasteiger partial charge in [0, 0.05) is 11.6 Å². The molecule has 2 heterocycles. The van der Waals surface area contributed by atoms with Gasteiger partial charge in [-0.05, 0) is 52.6 Å². The van der Waals surface area contributed by atoms with Crippen LogP contribution in [0.4, 0.5) is 4.39 Å². The third kappa shape index (κ3) is 4.78. The summed E-state index contributed by atoms with van der Waals surface area (Å²) in [7, 11) is 0. The second-order valence-corrected chi connectivity index (χ2v) is 13.6. The Kier molecular flexibility index (Phi) is 7.06. The van der Waals surface area contributed by atoms with Crippen LogP contribution in [0.5, 0.6) is 0 Å². The van der Waals surface area contributed by atoms with Gasteiger partial charge in [-0.25, -0.2) is 8.96 Å². The highest BCUT2D eigenvalue weighted by molar-refractivity contribution is 8.25. The van der Waals surface area contributed by atoms with E-state index in [-0.39, 0.29) is 5.82 Å². The number of benzene rings is 4. The van der Waals surface area contributed by atoms with E-state index >= 15 is 0 Å². The summed E-state index contributed by atoms with van der Waals surface area (Å²) in [5.41, 5.74) is 5.18. The Balaban J connectivity index is 1.68. The molecule has 0 saturated heterocycles. The highest BCUT2D eigenvalue weighted by atomic mass is 32.4. The van der Waals surface area contributed by atoms with Crippen molar-refractivity contribution in [1.29, 1.82) is 0 Å². The van der Waals surface area contributed by atoms with E-state index in [4.69, 9.17) is 11.8 Å². The fourth-order valence-corrected chi connectivity index (χ4v) is 9.33. The number of fused-ring (bicyclic) bond motifs is 1. The van der Waals surface area contributed by atoms with Gasteiger partial charge in [0.2, 0.25) is 0 Å². The molecule has 0 radical (unpaired) electrons. The molecule has 0 bridgehead atoms. The van der Waals surface area contributed by atoms with Crippen molar-refractivity contribution in [1.82, 2.24) is 4.40 Å². The van der Waals surface area contributed by atoms with E-state index in [1.54, 1.807) is 0 Å². The number of allylic oxidation sites excluding steroid dienone is 1. The SMILES string of the molecule is Fc1ccc(-c2c(P(=S)(c3ccccc3)c3ccccc3)n3ccccc3[n+]2CC=Cc2ccccc2)cc1. The molecule has 4 aromatic carbocycles. The number of pyridine rings is 1. The normalized spacial score (nSPS) is 11.8. The van der Waals surface area contributed by atoms with Crippen molar-refractivity contribution in [3.63, 3.8) is 0 Å². The Morgan fingerprint density at radius 2 is 1.26 bits per heavy atom. The summed E-state index contributed by atoms with van der Waals surface area (Å²) in [6.07, 6.45) is 6.41. The number of aromatic nitrogens is 2. The minimum atomic E-state index is -2.55.